The molecule has 0 saturated carbocycles. The number of nitrogens with zero attached hydrogens (tertiary/aromatic N) is 3. The molecule has 3 N–H and O–H groups in total. The summed E-state index contributed by atoms with van der Waals surface area (Å²) in [5.74, 6) is 2.81. The fourth-order valence-electron chi connectivity index (χ4n) is 1.88. The van der Waals surface area contributed by atoms with Crippen LogP contribution in [0.3, 0.4) is 0 Å². The van der Waals surface area contributed by atoms with Crippen LogP contribution in [0.1, 0.15) is 36.2 Å². The van der Waals surface area contributed by atoms with Gasteiger partial charge in [-0.25, -0.2) is 9.97 Å². The lowest BCUT2D eigenvalue weighted by Crippen LogP contribution is -2.07. The Bertz CT molecular complexity index is 545. The third kappa shape index (κ3) is 3.21. The Morgan fingerprint density at radius 3 is 2.74 bits per heavy atom. The minimum absolute atomic E-state index is 0.486. The summed E-state index contributed by atoms with van der Waals surface area (Å²) in [6, 6.07) is 1.73. The third-order valence-electron chi connectivity index (χ3n) is 2.89. The summed E-state index contributed by atoms with van der Waals surface area (Å²) in [6.07, 6.45) is 1.82. The number of aryl methyl sites for hydroxylation is 3. The molecule has 0 unspecified atom stereocenters. The number of rotatable bonds is 5. The third-order valence-corrected chi connectivity index (χ3v) is 2.89. The molecule has 19 heavy (non-hydrogen) atoms. The van der Waals surface area contributed by atoms with Gasteiger partial charge in [0.05, 0.1) is 5.69 Å². The van der Waals surface area contributed by atoms with Gasteiger partial charge in [-0.2, -0.15) is 0 Å². The van der Waals surface area contributed by atoms with E-state index in [4.69, 9.17) is 10.3 Å². The molecule has 6 heteroatoms. The summed E-state index contributed by atoms with van der Waals surface area (Å²) >= 11 is 0. The first-order valence-corrected chi connectivity index (χ1v) is 6.39. The van der Waals surface area contributed by atoms with Crippen molar-refractivity contribution in [2.75, 3.05) is 11.1 Å². The average Bonchev–Trinajstić information content (AvgIpc) is 2.66. The molecule has 0 bridgehead atoms. The molecule has 0 fully saturated rings. The second-order valence-corrected chi connectivity index (χ2v) is 4.50. The lowest BCUT2D eigenvalue weighted by atomic mass is 10.2. The molecule has 0 radical (unpaired) electrons. The van der Waals surface area contributed by atoms with Crippen molar-refractivity contribution in [1.82, 2.24) is 15.1 Å². The molecule has 0 aromatic carbocycles. The van der Waals surface area contributed by atoms with Crippen molar-refractivity contribution in [2.45, 2.75) is 40.2 Å². The van der Waals surface area contributed by atoms with Crippen molar-refractivity contribution in [3.05, 3.63) is 28.9 Å². The molecule has 0 aliphatic heterocycles. The first kappa shape index (κ1) is 13.3. The van der Waals surface area contributed by atoms with Crippen LogP contribution < -0.4 is 11.1 Å². The summed E-state index contributed by atoms with van der Waals surface area (Å²) in [7, 11) is 0. The van der Waals surface area contributed by atoms with Gasteiger partial charge in [0.2, 0.25) is 0 Å². The highest BCUT2D eigenvalue weighted by Gasteiger charge is 2.09. The standard InChI is InChI=1S/C13H19N5O/c1-4-5-12-16-11(14)6-13(17-12)15-7-10-8(2)18-19-9(10)3/h6H,4-5,7H2,1-3H3,(H3,14,15,16,17). The summed E-state index contributed by atoms with van der Waals surface area (Å²) in [5, 5.41) is 7.16. The second kappa shape index (κ2) is 5.69. The minimum atomic E-state index is 0.486. The van der Waals surface area contributed by atoms with E-state index in [0.29, 0.717) is 12.4 Å². The zero-order valence-corrected chi connectivity index (χ0v) is 11.5. The van der Waals surface area contributed by atoms with Gasteiger partial charge >= 0.3 is 0 Å². The van der Waals surface area contributed by atoms with Crippen LogP contribution in [0.15, 0.2) is 10.6 Å². The lowest BCUT2D eigenvalue weighted by Gasteiger charge is -2.07. The Labute approximate surface area is 112 Å². The molecule has 6 nitrogen and oxygen atoms in total. The van der Waals surface area contributed by atoms with Gasteiger partial charge in [-0.1, -0.05) is 12.1 Å². The highest BCUT2D eigenvalue weighted by molar-refractivity contribution is 5.45. The van der Waals surface area contributed by atoms with Crippen molar-refractivity contribution < 1.29 is 4.52 Å². The SMILES string of the molecule is CCCc1nc(N)cc(NCc2c(C)noc2C)n1. The van der Waals surface area contributed by atoms with Gasteiger partial charge in [0.25, 0.3) is 0 Å². The van der Waals surface area contributed by atoms with E-state index >= 15 is 0 Å². The fraction of sp³-hybridized carbons (Fsp3) is 0.462. The second-order valence-electron chi connectivity index (χ2n) is 4.50. The monoisotopic (exact) mass is 261 g/mol. The summed E-state index contributed by atoms with van der Waals surface area (Å²) in [4.78, 5) is 8.63. The molecule has 2 aromatic heterocycles. The molecule has 0 aliphatic carbocycles. The van der Waals surface area contributed by atoms with Gasteiger partial charge in [0.15, 0.2) is 0 Å². The highest BCUT2D eigenvalue weighted by atomic mass is 16.5. The van der Waals surface area contributed by atoms with Crippen LogP contribution in [0.4, 0.5) is 11.6 Å². The van der Waals surface area contributed by atoms with Crippen molar-refractivity contribution in [3.63, 3.8) is 0 Å². The molecular formula is C13H19N5O. The molecule has 0 amide bonds. The van der Waals surface area contributed by atoms with Crippen LogP contribution in [0, 0.1) is 13.8 Å². The van der Waals surface area contributed by atoms with Crippen LogP contribution >= 0.6 is 0 Å². The number of nitrogens with two attached hydrogens (primary N) is 1. The Morgan fingerprint density at radius 2 is 2.11 bits per heavy atom. The Balaban J connectivity index is 2.11. The maximum absolute atomic E-state index is 5.78. The quantitative estimate of drug-likeness (QED) is 0.857. The molecule has 2 rings (SSSR count). The smallest absolute Gasteiger partial charge is 0.138 e. The molecule has 0 aliphatic rings. The van der Waals surface area contributed by atoms with Gasteiger partial charge < -0.3 is 15.6 Å². The normalized spacial score (nSPS) is 10.7. The van der Waals surface area contributed by atoms with E-state index in [2.05, 4.69) is 27.4 Å². The Morgan fingerprint density at radius 1 is 1.32 bits per heavy atom. The Kier molecular flexibility index (Phi) is 3.99. The Hall–Kier alpha value is -2.11. The highest BCUT2D eigenvalue weighted by Crippen LogP contribution is 2.15. The molecular weight excluding hydrogens is 242 g/mol. The minimum Gasteiger partial charge on any atom is -0.384 e. The van der Waals surface area contributed by atoms with Crippen LogP contribution in [-0.2, 0) is 13.0 Å². The number of hydrogen-bond donors (Lipinski definition) is 2. The van der Waals surface area contributed by atoms with Gasteiger partial charge in [-0.15, -0.1) is 0 Å². The van der Waals surface area contributed by atoms with E-state index in [1.54, 1.807) is 6.07 Å². The van der Waals surface area contributed by atoms with E-state index in [-0.39, 0.29) is 0 Å². The summed E-state index contributed by atoms with van der Waals surface area (Å²) in [5.41, 5.74) is 7.72. The molecule has 2 aromatic rings. The van der Waals surface area contributed by atoms with E-state index in [1.807, 2.05) is 13.8 Å². The van der Waals surface area contributed by atoms with Crippen molar-refractivity contribution in [1.29, 1.82) is 0 Å². The van der Waals surface area contributed by atoms with Crippen molar-refractivity contribution in [2.24, 2.45) is 0 Å². The first-order chi connectivity index (χ1) is 9.10. The number of hydrogen-bond acceptors (Lipinski definition) is 6. The number of nitrogen functional groups attached to an aromatic ring is 1. The van der Waals surface area contributed by atoms with E-state index in [0.717, 1.165) is 41.5 Å². The molecule has 0 atom stereocenters. The maximum atomic E-state index is 5.78. The number of nitrogens with one attached hydrogen (secondary N) is 1. The van der Waals surface area contributed by atoms with Gasteiger partial charge in [0.1, 0.15) is 23.2 Å². The van der Waals surface area contributed by atoms with Crippen LogP contribution in [-0.4, -0.2) is 15.1 Å². The van der Waals surface area contributed by atoms with E-state index in [9.17, 15) is 0 Å². The first-order valence-electron chi connectivity index (χ1n) is 6.39. The zero-order valence-electron chi connectivity index (χ0n) is 11.5. The zero-order chi connectivity index (χ0) is 13.8. The topological polar surface area (TPSA) is 89.9 Å². The summed E-state index contributed by atoms with van der Waals surface area (Å²) in [6.45, 7) is 6.52. The predicted octanol–water partition coefficient (Wildman–Crippen LogP) is 2.23. The van der Waals surface area contributed by atoms with Crippen LogP contribution in [0.5, 0.6) is 0 Å². The summed E-state index contributed by atoms with van der Waals surface area (Å²) < 4.78 is 5.12. The molecule has 102 valence electrons. The van der Waals surface area contributed by atoms with E-state index < -0.39 is 0 Å². The molecule has 2 heterocycles. The van der Waals surface area contributed by atoms with Gasteiger partial charge in [-0.05, 0) is 20.3 Å². The predicted molar refractivity (Wildman–Crippen MR) is 73.7 cm³/mol. The molecule has 0 saturated heterocycles. The lowest BCUT2D eigenvalue weighted by molar-refractivity contribution is 0.392. The number of aromatic nitrogens is 3. The molecule has 0 spiro atoms. The van der Waals surface area contributed by atoms with Gasteiger partial charge in [0, 0.05) is 24.6 Å². The van der Waals surface area contributed by atoms with Crippen molar-refractivity contribution >= 4 is 11.6 Å². The van der Waals surface area contributed by atoms with Crippen molar-refractivity contribution in [3.8, 4) is 0 Å². The largest absolute Gasteiger partial charge is 0.384 e. The van der Waals surface area contributed by atoms with Gasteiger partial charge in [-0.3, -0.25) is 0 Å². The van der Waals surface area contributed by atoms with E-state index in [1.165, 1.54) is 0 Å². The maximum Gasteiger partial charge on any atom is 0.138 e. The number of anilines is 2. The van der Waals surface area contributed by atoms with Crippen LogP contribution in [0.25, 0.3) is 0 Å². The fourth-order valence-corrected chi connectivity index (χ4v) is 1.88. The average molecular weight is 261 g/mol. The van der Waals surface area contributed by atoms with Crippen LogP contribution in [0.2, 0.25) is 0 Å².